The fourth-order valence-electron chi connectivity index (χ4n) is 2.68. The van der Waals surface area contributed by atoms with E-state index in [2.05, 4.69) is 15.1 Å². The maximum Gasteiger partial charge on any atom is 0.423 e. The standard InChI is InChI=1S/C18H17F3N4O3/c1-9-3-4-11(17(27,8-26)18(19,20)21)6-12(9)13-7-23-16(22)15(24-13)14-5-10(2)25-28-14/h3-7,26-27H,8H2,1-2H3,(H2,22,23). The predicted octanol–water partition coefficient (Wildman–Crippen LogP) is 2.74. The van der Waals surface area contributed by atoms with Gasteiger partial charge in [-0.2, -0.15) is 13.2 Å². The maximum atomic E-state index is 13.3. The number of nitrogens with two attached hydrogens (primary N) is 1. The minimum absolute atomic E-state index is 0.0656. The summed E-state index contributed by atoms with van der Waals surface area (Å²) in [6.07, 6.45) is -3.76. The average Bonchev–Trinajstić information content (AvgIpc) is 3.07. The lowest BCUT2D eigenvalue weighted by molar-refractivity contribution is -0.277. The molecule has 10 heteroatoms. The molecule has 3 rings (SSSR count). The highest BCUT2D eigenvalue weighted by atomic mass is 19.4. The first kappa shape index (κ1) is 19.8. The van der Waals surface area contributed by atoms with Gasteiger partial charge in [0.25, 0.3) is 0 Å². The van der Waals surface area contributed by atoms with Gasteiger partial charge in [0.15, 0.2) is 17.3 Å². The van der Waals surface area contributed by atoms with E-state index in [9.17, 15) is 23.4 Å². The zero-order valence-electron chi connectivity index (χ0n) is 14.9. The zero-order valence-corrected chi connectivity index (χ0v) is 14.9. The second-order valence-electron chi connectivity index (χ2n) is 6.37. The molecule has 7 nitrogen and oxygen atoms in total. The first-order valence-electron chi connectivity index (χ1n) is 8.14. The van der Waals surface area contributed by atoms with Crippen LogP contribution in [0, 0.1) is 13.8 Å². The van der Waals surface area contributed by atoms with Crippen molar-refractivity contribution in [1.29, 1.82) is 0 Å². The van der Waals surface area contributed by atoms with Gasteiger partial charge in [-0.3, -0.25) is 0 Å². The minimum atomic E-state index is -5.07. The Bertz CT molecular complexity index is 1020. The van der Waals surface area contributed by atoms with Crippen LogP contribution in [-0.4, -0.2) is 38.1 Å². The van der Waals surface area contributed by atoms with Gasteiger partial charge in [-0.25, -0.2) is 9.97 Å². The Balaban J connectivity index is 2.15. The Morgan fingerprint density at radius 2 is 1.89 bits per heavy atom. The summed E-state index contributed by atoms with van der Waals surface area (Å²) in [6, 6.07) is 5.22. The lowest BCUT2D eigenvalue weighted by atomic mass is 9.90. The van der Waals surface area contributed by atoms with Crippen LogP contribution in [-0.2, 0) is 5.60 Å². The Morgan fingerprint density at radius 3 is 2.46 bits per heavy atom. The third-order valence-electron chi connectivity index (χ3n) is 4.35. The quantitative estimate of drug-likeness (QED) is 0.623. The van der Waals surface area contributed by atoms with Crippen molar-refractivity contribution in [1.82, 2.24) is 15.1 Å². The molecule has 0 fully saturated rings. The third kappa shape index (κ3) is 3.32. The Hall–Kier alpha value is -2.98. The molecule has 2 heterocycles. The lowest BCUT2D eigenvalue weighted by Crippen LogP contribution is -2.45. The van der Waals surface area contributed by atoms with Crippen molar-refractivity contribution >= 4 is 5.82 Å². The summed E-state index contributed by atoms with van der Waals surface area (Å²) in [5.41, 5.74) is 3.81. The van der Waals surface area contributed by atoms with Gasteiger partial charge in [-0.1, -0.05) is 17.3 Å². The minimum Gasteiger partial charge on any atom is -0.393 e. The van der Waals surface area contributed by atoms with Gasteiger partial charge in [-0.05, 0) is 31.0 Å². The number of rotatable bonds is 4. The SMILES string of the molecule is Cc1cc(-c2nc(-c3cc(C(O)(CO)C(F)(F)F)ccc3C)cnc2N)on1. The number of aliphatic hydroxyl groups is 2. The molecule has 1 aromatic carbocycles. The van der Waals surface area contributed by atoms with Crippen LogP contribution in [0.1, 0.15) is 16.8 Å². The Morgan fingerprint density at radius 1 is 1.18 bits per heavy atom. The number of alkyl halides is 3. The van der Waals surface area contributed by atoms with Gasteiger partial charge in [0.05, 0.1) is 24.2 Å². The second kappa shape index (κ2) is 6.88. The summed E-state index contributed by atoms with van der Waals surface area (Å²) in [7, 11) is 0. The average molecular weight is 394 g/mol. The number of benzene rings is 1. The van der Waals surface area contributed by atoms with E-state index in [0.29, 0.717) is 16.8 Å². The van der Waals surface area contributed by atoms with Crippen LogP contribution in [0.3, 0.4) is 0 Å². The molecule has 4 N–H and O–H groups in total. The van der Waals surface area contributed by atoms with Crippen LogP contribution in [0.25, 0.3) is 22.7 Å². The molecular weight excluding hydrogens is 377 g/mol. The summed E-state index contributed by atoms with van der Waals surface area (Å²) < 4.78 is 45.0. The first-order chi connectivity index (χ1) is 13.1. The number of nitrogens with zero attached hydrogens (tertiary/aromatic N) is 3. The van der Waals surface area contributed by atoms with Crippen LogP contribution < -0.4 is 5.73 Å². The van der Waals surface area contributed by atoms with E-state index in [0.717, 1.165) is 12.1 Å². The van der Waals surface area contributed by atoms with E-state index in [1.807, 2.05) is 0 Å². The molecule has 1 atom stereocenters. The largest absolute Gasteiger partial charge is 0.423 e. The molecule has 2 aromatic heterocycles. The number of halogens is 3. The van der Waals surface area contributed by atoms with Crippen molar-refractivity contribution < 1.29 is 27.9 Å². The normalized spacial score (nSPS) is 14.1. The molecule has 3 aromatic rings. The maximum absolute atomic E-state index is 13.3. The van der Waals surface area contributed by atoms with Crippen LogP contribution in [0.15, 0.2) is 35.0 Å². The van der Waals surface area contributed by atoms with Crippen LogP contribution in [0.5, 0.6) is 0 Å². The van der Waals surface area contributed by atoms with Crippen molar-refractivity contribution in [3.63, 3.8) is 0 Å². The van der Waals surface area contributed by atoms with E-state index in [-0.39, 0.29) is 23.0 Å². The van der Waals surface area contributed by atoms with Crippen LogP contribution in [0.4, 0.5) is 19.0 Å². The van der Waals surface area contributed by atoms with E-state index in [4.69, 9.17) is 10.3 Å². The number of aryl methyl sites for hydroxylation is 2. The van der Waals surface area contributed by atoms with Crippen molar-refractivity contribution in [3.05, 3.63) is 47.3 Å². The summed E-state index contributed by atoms with van der Waals surface area (Å²) in [5, 5.41) is 23.0. The second-order valence-corrected chi connectivity index (χ2v) is 6.37. The molecule has 0 aliphatic heterocycles. The molecule has 0 amide bonds. The summed E-state index contributed by atoms with van der Waals surface area (Å²) in [4.78, 5) is 8.39. The molecule has 0 bridgehead atoms. The fourth-order valence-corrected chi connectivity index (χ4v) is 2.68. The van der Waals surface area contributed by atoms with E-state index in [1.165, 1.54) is 12.3 Å². The van der Waals surface area contributed by atoms with E-state index >= 15 is 0 Å². The molecule has 28 heavy (non-hydrogen) atoms. The van der Waals surface area contributed by atoms with Gasteiger partial charge in [0.1, 0.15) is 0 Å². The Labute approximate surface area is 157 Å². The monoisotopic (exact) mass is 394 g/mol. The van der Waals surface area contributed by atoms with Crippen LogP contribution >= 0.6 is 0 Å². The van der Waals surface area contributed by atoms with Crippen molar-refractivity contribution in [3.8, 4) is 22.7 Å². The molecule has 0 spiro atoms. The van der Waals surface area contributed by atoms with Crippen molar-refractivity contribution in [2.45, 2.75) is 25.6 Å². The molecule has 0 saturated heterocycles. The topological polar surface area (TPSA) is 118 Å². The van der Waals surface area contributed by atoms with Gasteiger partial charge >= 0.3 is 6.18 Å². The summed E-state index contributed by atoms with van der Waals surface area (Å²) in [6.45, 7) is 1.86. The van der Waals surface area contributed by atoms with Gasteiger partial charge in [0.2, 0.25) is 5.60 Å². The number of anilines is 1. The summed E-state index contributed by atoms with van der Waals surface area (Å²) in [5.74, 6) is 0.330. The molecule has 0 aliphatic rings. The Kier molecular flexibility index (Phi) is 4.86. The van der Waals surface area contributed by atoms with E-state index < -0.39 is 23.9 Å². The molecule has 0 radical (unpaired) electrons. The molecule has 0 saturated carbocycles. The van der Waals surface area contributed by atoms with Gasteiger partial charge in [0, 0.05) is 11.6 Å². The van der Waals surface area contributed by atoms with Crippen molar-refractivity contribution in [2.24, 2.45) is 0 Å². The molecule has 0 aliphatic carbocycles. The fraction of sp³-hybridized carbons (Fsp3) is 0.278. The predicted molar refractivity (Wildman–Crippen MR) is 93.9 cm³/mol. The highest BCUT2D eigenvalue weighted by Gasteiger charge is 2.54. The molecular formula is C18H17F3N4O3. The highest BCUT2D eigenvalue weighted by Crippen LogP contribution is 2.40. The first-order valence-corrected chi connectivity index (χ1v) is 8.14. The third-order valence-corrected chi connectivity index (χ3v) is 4.35. The smallest absolute Gasteiger partial charge is 0.393 e. The van der Waals surface area contributed by atoms with Crippen molar-refractivity contribution in [2.75, 3.05) is 12.3 Å². The number of aliphatic hydroxyl groups excluding tert-OH is 1. The highest BCUT2D eigenvalue weighted by molar-refractivity contribution is 5.71. The van der Waals surface area contributed by atoms with Crippen LogP contribution in [0.2, 0.25) is 0 Å². The lowest BCUT2D eigenvalue weighted by Gasteiger charge is -2.29. The number of aromatic nitrogens is 3. The number of hydrogen-bond acceptors (Lipinski definition) is 7. The van der Waals surface area contributed by atoms with E-state index in [1.54, 1.807) is 19.9 Å². The van der Waals surface area contributed by atoms with Gasteiger partial charge < -0.3 is 20.5 Å². The summed E-state index contributed by atoms with van der Waals surface area (Å²) >= 11 is 0. The molecule has 148 valence electrons. The zero-order chi connectivity index (χ0) is 20.7. The number of nitrogen functional groups attached to an aromatic ring is 1. The number of hydrogen-bond donors (Lipinski definition) is 3. The molecule has 1 unspecified atom stereocenters. The van der Waals surface area contributed by atoms with Gasteiger partial charge in [-0.15, -0.1) is 0 Å².